The Morgan fingerprint density at radius 3 is 2.90 bits per heavy atom. The highest BCUT2D eigenvalue weighted by Crippen LogP contribution is 2.15. The number of amides is 1. The Morgan fingerprint density at radius 2 is 2.29 bits per heavy atom. The molecule has 1 fully saturated rings. The zero-order valence-corrected chi connectivity index (χ0v) is 12.8. The highest BCUT2D eigenvalue weighted by Gasteiger charge is 2.29. The van der Waals surface area contributed by atoms with Crippen LogP contribution >= 0.6 is 0 Å². The van der Waals surface area contributed by atoms with E-state index in [2.05, 4.69) is 9.97 Å². The van der Waals surface area contributed by atoms with Gasteiger partial charge in [-0.3, -0.25) is 9.78 Å². The predicted molar refractivity (Wildman–Crippen MR) is 75.1 cm³/mol. The van der Waals surface area contributed by atoms with E-state index >= 15 is 0 Å². The molecule has 1 aliphatic heterocycles. The molecule has 0 spiro atoms. The molecule has 8 nitrogen and oxygen atoms in total. The van der Waals surface area contributed by atoms with Crippen molar-refractivity contribution in [1.82, 2.24) is 19.2 Å². The summed E-state index contributed by atoms with van der Waals surface area (Å²) < 4.78 is 29.3. The average molecular weight is 314 g/mol. The molecule has 1 atom stereocenters. The van der Waals surface area contributed by atoms with Crippen LogP contribution in [0.1, 0.15) is 6.42 Å². The fraction of sp³-hybridized carbons (Fsp3) is 0.583. The van der Waals surface area contributed by atoms with Gasteiger partial charge in [-0.2, -0.15) is 4.31 Å². The van der Waals surface area contributed by atoms with Gasteiger partial charge in [0, 0.05) is 32.4 Å². The van der Waals surface area contributed by atoms with Crippen molar-refractivity contribution in [3.8, 4) is 5.88 Å². The lowest BCUT2D eigenvalue weighted by atomic mass is 10.3. The maximum Gasteiger partial charge on any atom is 0.238 e. The third-order valence-corrected chi connectivity index (χ3v) is 4.51. The summed E-state index contributed by atoms with van der Waals surface area (Å²) in [4.78, 5) is 21.6. The van der Waals surface area contributed by atoms with E-state index in [0.29, 0.717) is 25.4 Å². The van der Waals surface area contributed by atoms with Gasteiger partial charge in [-0.1, -0.05) is 0 Å². The topological polar surface area (TPSA) is 92.7 Å². The third kappa shape index (κ3) is 4.36. The van der Waals surface area contributed by atoms with Crippen molar-refractivity contribution in [2.24, 2.45) is 0 Å². The van der Waals surface area contributed by atoms with Gasteiger partial charge < -0.3 is 9.64 Å². The molecule has 1 saturated heterocycles. The van der Waals surface area contributed by atoms with E-state index in [4.69, 9.17) is 4.74 Å². The summed E-state index contributed by atoms with van der Waals surface area (Å²) in [6.45, 7) is 0.811. The van der Waals surface area contributed by atoms with Crippen LogP contribution in [0.15, 0.2) is 18.6 Å². The number of sulfonamides is 1. The van der Waals surface area contributed by atoms with Gasteiger partial charge in [0.15, 0.2) is 0 Å². The van der Waals surface area contributed by atoms with Gasteiger partial charge in [0.2, 0.25) is 21.8 Å². The molecule has 0 aromatic carbocycles. The van der Waals surface area contributed by atoms with Crippen LogP contribution in [0, 0.1) is 0 Å². The van der Waals surface area contributed by atoms with Gasteiger partial charge >= 0.3 is 0 Å². The number of aromatic nitrogens is 2. The molecule has 1 aromatic rings. The number of hydrogen-bond acceptors (Lipinski definition) is 6. The maximum absolute atomic E-state index is 12.0. The lowest BCUT2D eigenvalue weighted by Crippen LogP contribution is -2.40. The predicted octanol–water partition coefficient (Wildman–Crippen LogP) is -0.652. The second kappa shape index (κ2) is 6.35. The van der Waals surface area contributed by atoms with E-state index in [-0.39, 0.29) is 18.6 Å². The Kier molecular flexibility index (Phi) is 4.73. The fourth-order valence-electron chi connectivity index (χ4n) is 1.98. The summed E-state index contributed by atoms with van der Waals surface area (Å²) in [6.07, 6.45) is 6.22. The van der Waals surface area contributed by atoms with Crippen LogP contribution in [-0.4, -0.2) is 72.5 Å². The normalized spacial score (nSPS) is 19.0. The van der Waals surface area contributed by atoms with Crippen LogP contribution in [0.2, 0.25) is 0 Å². The van der Waals surface area contributed by atoms with Gasteiger partial charge in [-0.25, -0.2) is 13.4 Å². The number of rotatable bonds is 5. The van der Waals surface area contributed by atoms with Gasteiger partial charge in [-0.15, -0.1) is 0 Å². The van der Waals surface area contributed by atoms with Crippen LogP contribution in [-0.2, 0) is 14.8 Å². The van der Waals surface area contributed by atoms with Crippen molar-refractivity contribution < 1.29 is 17.9 Å². The SMILES string of the molecule is CN(CC(=O)N1CC[C@@H](Oc2cnccn2)C1)S(C)(=O)=O. The van der Waals surface area contributed by atoms with E-state index in [9.17, 15) is 13.2 Å². The fourth-order valence-corrected chi connectivity index (χ4v) is 2.32. The Hall–Kier alpha value is -1.74. The first-order chi connectivity index (χ1) is 9.86. The van der Waals surface area contributed by atoms with Gasteiger partial charge in [0.1, 0.15) is 6.10 Å². The first kappa shape index (κ1) is 15.6. The lowest BCUT2D eigenvalue weighted by Gasteiger charge is -2.20. The highest BCUT2D eigenvalue weighted by molar-refractivity contribution is 7.88. The van der Waals surface area contributed by atoms with Crippen molar-refractivity contribution >= 4 is 15.9 Å². The molecule has 2 heterocycles. The van der Waals surface area contributed by atoms with Crippen LogP contribution < -0.4 is 4.74 Å². The molecule has 9 heteroatoms. The number of ether oxygens (including phenoxy) is 1. The van der Waals surface area contributed by atoms with Crippen LogP contribution in [0.5, 0.6) is 5.88 Å². The Balaban J connectivity index is 1.86. The maximum atomic E-state index is 12.0. The van der Waals surface area contributed by atoms with Crippen molar-refractivity contribution in [2.45, 2.75) is 12.5 Å². The first-order valence-electron chi connectivity index (χ1n) is 6.48. The molecular formula is C12H18N4O4S. The molecule has 2 rings (SSSR count). The average Bonchev–Trinajstić information content (AvgIpc) is 2.87. The largest absolute Gasteiger partial charge is 0.471 e. The second-order valence-corrected chi connectivity index (χ2v) is 7.02. The Bertz CT molecular complexity index is 593. The summed E-state index contributed by atoms with van der Waals surface area (Å²) >= 11 is 0. The molecule has 1 aromatic heterocycles. The van der Waals surface area contributed by atoms with E-state index in [1.807, 2.05) is 0 Å². The number of nitrogens with zero attached hydrogens (tertiary/aromatic N) is 4. The van der Waals surface area contributed by atoms with E-state index in [1.54, 1.807) is 11.1 Å². The number of hydrogen-bond donors (Lipinski definition) is 0. The van der Waals surface area contributed by atoms with E-state index < -0.39 is 10.0 Å². The van der Waals surface area contributed by atoms with Crippen molar-refractivity contribution in [2.75, 3.05) is 32.9 Å². The molecule has 1 aliphatic rings. The molecule has 0 saturated carbocycles. The third-order valence-electron chi connectivity index (χ3n) is 3.25. The minimum Gasteiger partial charge on any atom is -0.471 e. The minimum atomic E-state index is -3.35. The smallest absolute Gasteiger partial charge is 0.238 e. The van der Waals surface area contributed by atoms with Gasteiger partial charge in [0.25, 0.3) is 0 Å². The molecule has 0 N–H and O–H groups in total. The number of likely N-dealkylation sites (N-methyl/N-ethyl adjacent to an activating group) is 1. The first-order valence-corrected chi connectivity index (χ1v) is 8.33. The molecular weight excluding hydrogens is 296 g/mol. The standard InChI is InChI=1S/C12H18N4O4S/c1-15(21(2,18)19)9-12(17)16-6-3-10(8-16)20-11-7-13-4-5-14-11/h4-5,7,10H,3,6,8-9H2,1-2H3/t10-/m1/s1. The molecule has 0 radical (unpaired) electrons. The minimum absolute atomic E-state index is 0.144. The highest BCUT2D eigenvalue weighted by atomic mass is 32.2. The Labute approximate surface area is 123 Å². The van der Waals surface area contributed by atoms with Crippen LogP contribution in [0.25, 0.3) is 0 Å². The molecule has 0 unspecified atom stereocenters. The van der Waals surface area contributed by atoms with Crippen molar-refractivity contribution in [3.05, 3.63) is 18.6 Å². The van der Waals surface area contributed by atoms with Crippen molar-refractivity contribution in [1.29, 1.82) is 0 Å². The number of carbonyl (C=O) groups is 1. The van der Waals surface area contributed by atoms with Crippen LogP contribution in [0.3, 0.4) is 0 Å². The second-order valence-electron chi connectivity index (χ2n) is 4.93. The molecule has 0 aliphatic carbocycles. The van der Waals surface area contributed by atoms with Gasteiger partial charge in [0.05, 0.1) is 25.5 Å². The number of likely N-dealkylation sites (tertiary alicyclic amines) is 1. The molecule has 116 valence electrons. The lowest BCUT2D eigenvalue weighted by molar-refractivity contribution is -0.130. The van der Waals surface area contributed by atoms with E-state index in [1.165, 1.54) is 19.4 Å². The van der Waals surface area contributed by atoms with Crippen molar-refractivity contribution in [3.63, 3.8) is 0 Å². The summed E-state index contributed by atoms with van der Waals surface area (Å²) in [5.74, 6) is 0.193. The van der Waals surface area contributed by atoms with E-state index in [0.717, 1.165) is 10.6 Å². The summed E-state index contributed by atoms with van der Waals surface area (Å²) in [6, 6.07) is 0. The van der Waals surface area contributed by atoms with Gasteiger partial charge in [-0.05, 0) is 0 Å². The summed E-state index contributed by atoms with van der Waals surface area (Å²) in [5, 5.41) is 0. The molecule has 0 bridgehead atoms. The number of carbonyl (C=O) groups excluding carboxylic acids is 1. The van der Waals surface area contributed by atoms with Crippen LogP contribution in [0.4, 0.5) is 0 Å². The zero-order chi connectivity index (χ0) is 15.5. The monoisotopic (exact) mass is 314 g/mol. The molecule has 21 heavy (non-hydrogen) atoms. The Morgan fingerprint density at radius 1 is 1.52 bits per heavy atom. The zero-order valence-electron chi connectivity index (χ0n) is 12.0. The quantitative estimate of drug-likeness (QED) is 0.717. The summed E-state index contributed by atoms with van der Waals surface area (Å²) in [5.41, 5.74) is 0. The summed E-state index contributed by atoms with van der Waals surface area (Å²) in [7, 11) is -1.97. The molecule has 1 amide bonds.